The number of hydrogen-bond donors (Lipinski definition) is 0. The highest BCUT2D eigenvalue weighted by atomic mass is 32.2. The van der Waals surface area contributed by atoms with Gasteiger partial charge in [-0.05, 0) is 23.6 Å². The summed E-state index contributed by atoms with van der Waals surface area (Å²) < 4.78 is 21.9. The van der Waals surface area contributed by atoms with E-state index in [1.807, 2.05) is 44.2 Å². The molecule has 5 heteroatoms. The Hall–Kier alpha value is -1.54. The number of ether oxygens (including phenoxy) is 1. The first-order chi connectivity index (χ1) is 8.99. The molecule has 4 nitrogen and oxygen atoms in total. The molecule has 19 heavy (non-hydrogen) atoms. The van der Waals surface area contributed by atoms with Crippen LogP contribution in [0.1, 0.15) is 19.4 Å². The summed E-state index contributed by atoms with van der Waals surface area (Å²) in [6.45, 7) is 4.56. The van der Waals surface area contributed by atoms with Gasteiger partial charge in [-0.2, -0.15) is 5.26 Å². The monoisotopic (exact) mass is 280 g/mol. The van der Waals surface area contributed by atoms with Gasteiger partial charge in [-0.15, -0.1) is 0 Å². The van der Waals surface area contributed by atoms with E-state index < -0.39 is 9.73 Å². The largest absolute Gasteiger partial charge is 0.497 e. The lowest BCUT2D eigenvalue weighted by Gasteiger charge is -2.09. The third-order valence-corrected chi connectivity index (χ3v) is 4.50. The highest BCUT2D eigenvalue weighted by Gasteiger charge is 2.10. The average Bonchev–Trinajstić information content (AvgIpc) is 2.38. The minimum Gasteiger partial charge on any atom is -0.497 e. The average molecular weight is 280 g/mol. The zero-order chi connectivity index (χ0) is 14.3. The maximum Gasteiger partial charge on any atom is 0.119 e. The Balaban J connectivity index is 2.92. The summed E-state index contributed by atoms with van der Waals surface area (Å²) in [5, 5.41) is 8.82. The predicted molar refractivity (Wildman–Crippen MR) is 77.5 cm³/mol. The van der Waals surface area contributed by atoms with Crippen LogP contribution in [-0.4, -0.2) is 23.6 Å². The summed E-state index contributed by atoms with van der Waals surface area (Å²) in [6, 6.07) is 9.35. The van der Waals surface area contributed by atoms with Crippen LogP contribution in [0.15, 0.2) is 28.6 Å². The van der Waals surface area contributed by atoms with Crippen molar-refractivity contribution in [3.05, 3.63) is 29.8 Å². The lowest BCUT2D eigenvalue weighted by molar-refractivity contribution is 0.414. The van der Waals surface area contributed by atoms with Crippen LogP contribution in [0, 0.1) is 17.2 Å². The minimum absolute atomic E-state index is 0.0221. The first kappa shape index (κ1) is 15.5. The van der Waals surface area contributed by atoms with Crippen LogP contribution < -0.4 is 4.74 Å². The molecule has 0 saturated carbocycles. The molecule has 0 saturated heterocycles. The number of methoxy groups -OCH3 is 1. The normalized spacial score (nSPS) is 13.6. The van der Waals surface area contributed by atoms with Crippen LogP contribution in [0.25, 0.3) is 0 Å². The smallest absolute Gasteiger partial charge is 0.119 e. The molecule has 0 amide bonds. The standard InChI is InChI=1S/C14H20N2O2S/c1-12(2)10-16-19(17,9-8-15)11-13-4-6-14(18-3)7-5-13/h4-7,12H,9-11H2,1-3H3. The molecular formula is C14H20N2O2S. The molecule has 0 aromatic heterocycles. The van der Waals surface area contributed by atoms with Gasteiger partial charge in [0.25, 0.3) is 0 Å². The van der Waals surface area contributed by atoms with E-state index in [-0.39, 0.29) is 5.75 Å². The fourth-order valence-corrected chi connectivity index (χ4v) is 3.28. The third-order valence-electron chi connectivity index (χ3n) is 2.52. The lowest BCUT2D eigenvalue weighted by atomic mass is 10.2. The molecule has 104 valence electrons. The van der Waals surface area contributed by atoms with Crippen molar-refractivity contribution in [3.8, 4) is 11.8 Å². The Morgan fingerprint density at radius 3 is 2.47 bits per heavy atom. The SMILES string of the molecule is COc1ccc(CS(=O)(CC#N)=NCC(C)C)cc1. The van der Waals surface area contributed by atoms with Crippen LogP contribution in [-0.2, 0) is 15.5 Å². The van der Waals surface area contributed by atoms with Gasteiger partial charge in [0.1, 0.15) is 11.5 Å². The van der Waals surface area contributed by atoms with Crippen molar-refractivity contribution in [1.29, 1.82) is 5.26 Å². The van der Waals surface area contributed by atoms with E-state index in [9.17, 15) is 4.21 Å². The number of rotatable bonds is 6. The van der Waals surface area contributed by atoms with E-state index in [0.717, 1.165) is 11.3 Å². The fourth-order valence-electron chi connectivity index (χ4n) is 1.51. The van der Waals surface area contributed by atoms with E-state index in [1.165, 1.54) is 0 Å². The van der Waals surface area contributed by atoms with E-state index in [0.29, 0.717) is 18.2 Å². The number of nitriles is 1. The highest BCUT2D eigenvalue weighted by molar-refractivity contribution is 7.93. The Morgan fingerprint density at radius 1 is 1.37 bits per heavy atom. The molecule has 0 bridgehead atoms. The van der Waals surface area contributed by atoms with Gasteiger partial charge in [0.15, 0.2) is 0 Å². The Labute approximate surface area is 115 Å². The van der Waals surface area contributed by atoms with Gasteiger partial charge < -0.3 is 4.74 Å². The maximum absolute atomic E-state index is 12.6. The van der Waals surface area contributed by atoms with E-state index in [4.69, 9.17) is 10.00 Å². The van der Waals surface area contributed by atoms with Crippen LogP contribution in [0.2, 0.25) is 0 Å². The molecule has 1 aromatic rings. The van der Waals surface area contributed by atoms with Gasteiger partial charge in [0.05, 0.1) is 35.2 Å². The van der Waals surface area contributed by atoms with Crippen LogP contribution in [0.5, 0.6) is 5.75 Å². The quantitative estimate of drug-likeness (QED) is 0.805. The lowest BCUT2D eigenvalue weighted by Crippen LogP contribution is -2.10. The number of hydrogen-bond acceptors (Lipinski definition) is 4. The van der Waals surface area contributed by atoms with E-state index in [1.54, 1.807) is 7.11 Å². The first-order valence-electron chi connectivity index (χ1n) is 6.17. The van der Waals surface area contributed by atoms with Crippen molar-refractivity contribution >= 4 is 9.73 Å². The molecule has 1 unspecified atom stereocenters. The molecule has 0 radical (unpaired) electrons. The van der Waals surface area contributed by atoms with Gasteiger partial charge >= 0.3 is 0 Å². The third kappa shape index (κ3) is 5.31. The van der Waals surface area contributed by atoms with Crippen molar-refractivity contribution < 1.29 is 8.95 Å². The minimum atomic E-state index is -2.48. The zero-order valence-corrected chi connectivity index (χ0v) is 12.4. The van der Waals surface area contributed by atoms with Crippen molar-refractivity contribution in [2.24, 2.45) is 10.3 Å². The van der Waals surface area contributed by atoms with E-state index >= 15 is 0 Å². The fraction of sp³-hybridized carbons (Fsp3) is 0.500. The summed E-state index contributed by atoms with van der Waals surface area (Å²) in [5.41, 5.74) is 0.911. The maximum atomic E-state index is 12.6. The van der Waals surface area contributed by atoms with Crippen LogP contribution >= 0.6 is 0 Å². The zero-order valence-electron chi connectivity index (χ0n) is 11.6. The first-order valence-corrected chi connectivity index (χ1v) is 8.02. The van der Waals surface area contributed by atoms with Gasteiger partial charge in [0, 0.05) is 0 Å². The summed E-state index contributed by atoms with van der Waals surface area (Å²) in [4.78, 5) is 0. The summed E-state index contributed by atoms with van der Waals surface area (Å²) in [6.07, 6.45) is 0. The van der Waals surface area contributed by atoms with Crippen molar-refractivity contribution in [2.75, 3.05) is 19.4 Å². The van der Waals surface area contributed by atoms with E-state index in [2.05, 4.69) is 4.36 Å². The van der Waals surface area contributed by atoms with Crippen molar-refractivity contribution in [2.45, 2.75) is 19.6 Å². The summed E-state index contributed by atoms with van der Waals surface area (Å²) in [5.74, 6) is 1.40. The number of nitrogens with zero attached hydrogens (tertiary/aromatic N) is 2. The second-order valence-electron chi connectivity index (χ2n) is 4.77. The molecular weight excluding hydrogens is 260 g/mol. The van der Waals surface area contributed by atoms with Crippen molar-refractivity contribution in [3.63, 3.8) is 0 Å². The molecule has 0 aliphatic heterocycles. The molecule has 0 aliphatic carbocycles. The van der Waals surface area contributed by atoms with Crippen LogP contribution in [0.3, 0.4) is 0 Å². The van der Waals surface area contributed by atoms with Gasteiger partial charge in [-0.25, -0.2) is 8.57 Å². The Morgan fingerprint density at radius 2 is 2.00 bits per heavy atom. The Kier molecular flexibility index (Phi) is 5.84. The molecule has 0 N–H and O–H groups in total. The molecule has 0 spiro atoms. The molecule has 1 aromatic carbocycles. The van der Waals surface area contributed by atoms with Gasteiger partial charge in [-0.3, -0.25) is 0 Å². The predicted octanol–water partition coefficient (Wildman–Crippen LogP) is 2.84. The van der Waals surface area contributed by atoms with Crippen molar-refractivity contribution in [1.82, 2.24) is 0 Å². The summed E-state index contributed by atoms with van der Waals surface area (Å²) >= 11 is 0. The number of benzene rings is 1. The molecule has 1 rings (SSSR count). The molecule has 0 fully saturated rings. The van der Waals surface area contributed by atoms with Gasteiger partial charge in [0.2, 0.25) is 0 Å². The second kappa shape index (κ2) is 7.15. The summed E-state index contributed by atoms with van der Waals surface area (Å²) in [7, 11) is -0.881. The highest BCUT2D eigenvalue weighted by Crippen LogP contribution is 2.15. The second-order valence-corrected chi connectivity index (χ2v) is 7.15. The Bertz CT molecular complexity index is 550. The van der Waals surface area contributed by atoms with Gasteiger partial charge in [-0.1, -0.05) is 26.0 Å². The topological polar surface area (TPSA) is 62.5 Å². The van der Waals surface area contributed by atoms with Crippen LogP contribution in [0.4, 0.5) is 0 Å². The molecule has 1 atom stereocenters. The molecule has 0 aliphatic rings. The molecule has 0 heterocycles.